The molecule has 0 aliphatic carbocycles. The van der Waals surface area contributed by atoms with E-state index in [0.29, 0.717) is 0 Å². The lowest BCUT2D eigenvalue weighted by Crippen LogP contribution is -2.33. The van der Waals surface area contributed by atoms with Crippen molar-refractivity contribution >= 4 is 22.0 Å². The number of halogens is 4. The van der Waals surface area contributed by atoms with Crippen molar-refractivity contribution in [3.05, 3.63) is 28.2 Å². The number of alkyl halides is 3. The summed E-state index contributed by atoms with van der Waals surface area (Å²) in [6, 6.07) is 3.04. The van der Waals surface area contributed by atoms with E-state index in [2.05, 4.69) is 20.7 Å². The second kappa shape index (κ2) is 6.14. The Morgan fingerprint density at radius 2 is 2.00 bits per heavy atom. The number of amides is 1. The van der Waals surface area contributed by atoms with E-state index in [1.54, 1.807) is 6.92 Å². The summed E-state index contributed by atoms with van der Waals surface area (Å²) in [4.78, 5) is 16.3. The Kier molecular flexibility index (Phi) is 5.04. The third kappa shape index (κ3) is 4.30. The van der Waals surface area contributed by atoms with Crippen molar-refractivity contribution in [2.75, 3.05) is 13.7 Å². The first-order valence-electron chi connectivity index (χ1n) is 5.19. The average molecular weight is 342 g/mol. The minimum absolute atomic E-state index is 0.117. The summed E-state index contributed by atoms with van der Waals surface area (Å²) in [6.45, 7) is 1.72. The van der Waals surface area contributed by atoms with Crippen LogP contribution in [-0.4, -0.2) is 24.8 Å². The van der Waals surface area contributed by atoms with Crippen molar-refractivity contribution in [3.63, 3.8) is 0 Å². The summed E-state index contributed by atoms with van der Waals surface area (Å²) in [7, 11) is 1.15. The highest BCUT2D eigenvalue weighted by Crippen LogP contribution is 2.34. The van der Waals surface area contributed by atoms with Crippen molar-refractivity contribution in [2.45, 2.75) is 13.1 Å². The Bertz CT molecular complexity index is 465. The van der Waals surface area contributed by atoms with Crippen LogP contribution in [0.2, 0.25) is 0 Å². The van der Waals surface area contributed by atoms with Gasteiger partial charge in [-0.3, -0.25) is 0 Å². The number of ether oxygens (including phenoxy) is 1. The highest BCUT2D eigenvalue weighted by molar-refractivity contribution is 9.10. The summed E-state index contributed by atoms with van der Waals surface area (Å²) in [5, 5.41) is 0.807. The molecular formula is C11H11BrF3NO3. The number of nitrogens with zero attached hydrogens (tertiary/aromatic N) is 1. The zero-order chi connectivity index (χ0) is 14.6. The number of carbonyl (C=O) groups excluding carboxylic acids is 1. The van der Waals surface area contributed by atoms with Gasteiger partial charge in [-0.1, -0.05) is 15.9 Å². The van der Waals surface area contributed by atoms with Crippen molar-refractivity contribution < 1.29 is 27.5 Å². The fourth-order valence-electron chi connectivity index (χ4n) is 1.24. The minimum Gasteiger partial charge on any atom is -0.451 e. The van der Waals surface area contributed by atoms with Crippen LogP contribution in [0, 0.1) is 0 Å². The predicted octanol–water partition coefficient (Wildman–Crippen LogP) is 3.85. The summed E-state index contributed by atoms with van der Waals surface area (Å²) in [6.07, 6.45) is -5.29. The molecule has 0 aliphatic heterocycles. The van der Waals surface area contributed by atoms with Crippen molar-refractivity contribution in [1.82, 2.24) is 5.06 Å². The second-order valence-electron chi connectivity index (χ2n) is 3.43. The van der Waals surface area contributed by atoms with E-state index in [0.717, 1.165) is 24.3 Å². The van der Waals surface area contributed by atoms with Gasteiger partial charge in [0, 0.05) is 4.47 Å². The Labute approximate surface area is 116 Å². The van der Waals surface area contributed by atoms with Gasteiger partial charge < -0.3 is 9.57 Å². The number of benzene rings is 1. The van der Waals surface area contributed by atoms with Gasteiger partial charge in [-0.2, -0.15) is 13.2 Å². The van der Waals surface area contributed by atoms with Crippen LogP contribution in [0.4, 0.5) is 18.0 Å². The zero-order valence-electron chi connectivity index (χ0n) is 10.1. The van der Waals surface area contributed by atoms with Crippen molar-refractivity contribution in [1.29, 1.82) is 0 Å². The van der Waals surface area contributed by atoms with Crippen LogP contribution in [-0.2, 0) is 10.9 Å². The second-order valence-corrected chi connectivity index (χ2v) is 4.35. The molecule has 0 atom stereocenters. The summed E-state index contributed by atoms with van der Waals surface area (Å²) in [5.74, 6) is -0.117. The third-order valence-corrected chi connectivity index (χ3v) is 2.54. The lowest BCUT2D eigenvalue weighted by atomic mass is 10.2. The number of hydroxylamine groups is 2. The third-order valence-electron chi connectivity index (χ3n) is 2.08. The van der Waals surface area contributed by atoms with Gasteiger partial charge in [0.05, 0.1) is 19.2 Å². The Balaban J connectivity index is 3.01. The number of methoxy groups -OCH3 is 1. The molecule has 1 rings (SSSR count). The van der Waals surface area contributed by atoms with E-state index in [1.807, 2.05) is 0 Å². The molecule has 0 radical (unpaired) electrons. The quantitative estimate of drug-likeness (QED) is 0.784. The normalized spacial score (nSPS) is 11.1. The van der Waals surface area contributed by atoms with Crippen molar-refractivity contribution in [2.24, 2.45) is 0 Å². The maximum atomic E-state index is 12.6. The molecule has 1 aromatic rings. The molecule has 1 aromatic carbocycles. The van der Waals surface area contributed by atoms with Crippen molar-refractivity contribution in [3.8, 4) is 5.75 Å². The Hall–Kier alpha value is -1.44. The largest absolute Gasteiger partial charge is 0.451 e. The summed E-state index contributed by atoms with van der Waals surface area (Å²) in [5.41, 5.74) is -0.877. The van der Waals surface area contributed by atoms with Crippen LogP contribution in [0.1, 0.15) is 12.5 Å². The number of rotatable bonds is 3. The molecule has 0 N–H and O–H groups in total. The zero-order valence-corrected chi connectivity index (χ0v) is 11.7. The molecule has 0 bridgehead atoms. The first-order chi connectivity index (χ1) is 8.77. The molecule has 0 spiro atoms. The van der Waals surface area contributed by atoms with E-state index in [-0.39, 0.29) is 16.8 Å². The molecule has 8 heteroatoms. The number of hydrogen-bond acceptors (Lipinski definition) is 3. The molecule has 0 saturated carbocycles. The van der Waals surface area contributed by atoms with E-state index >= 15 is 0 Å². The minimum atomic E-state index is -4.50. The maximum absolute atomic E-state index is 12.6. The molecule has 4 nitrogen and oxygen atoms in total. The molecule has 0 unspecified atom stereocenters. The smallest absolute Gasteiger partial charge is 0.442 e. The van der Waals surface area contributed by atoms with E-state index in [4.69, 9.17) is 4.84 Å². The first kappa shape index (κ1) is 15.6. The van der Waals surface area contributed by atoms with Gasteiger partial charge in [0.15, 0.2) is 5.75 Å². The van der Waals surface area contributed by atoms with Gasteiger partial charge in [0.25, 0.3) is 0 Å². The van der Waals surface area contributed by atoms with Crippen LogP contribution in [0.15, 0.2) is 22.7 Å². The van der Waals surface area contributed by atoms with Crippen LogP contribution in [0.25, 0.3) is 0 Å². The van der Waals surface area contributed by atoms with E-state index < -0.39 is 17.8 Å². The SMILES string of the molecule is CCN(Oc1cc(Br)cc(C(F)(F)F)c1)C(=O)OC. The van der Waals surface area contributed by atoms with Crippen LogP contribution < -0.4 is 4.84 Å². The van der Waals surface area contributed by atoms with Gasteiger partial charge in [-0.15, -0.1) is 5.06 Å². The Morgan fingerprint density at radius 1 is 1.37 bits per heavy atom. The molecule has 0 saturated heterocycles. The molecule has 19 heavy (non-hydrogen) atoms. The predicted molar refractivity (Wildman–Crippen MR) is 64.6 cm³/mol. The molecule has 1 amide bonds. The molecule has 0 fully saturated rings. The summed E-state index contributed by atoms with van der Waals surface area (Å²) >= 11 is 2.96. The molecule has 0 aliphatic rings. The molecule has 0 heterocycles. The molecule has 106 valence electrons. The van der Waals surface area contributed by atoms with Gasteiger partial charge in [0.1, 0.15) is 0 Å². The summed E-state index contributed by atoms with van der Waals surface area (Å²) < 4.78 is 42.5. The van der Waals surface area contributed by atoms with Crippen LogP contribution in [0.5, 0.6) is 5.75 Å². The van der Waals surface area contributed by atoms with Gasteiger partial charge >= 0.3 is 12.3 Å². The number of carbonyl (C=O) groups is 1. The van der Waals surface area contributed by atoms with Crippen LogP contribution >= 0.6 is 15.9 Å². The lowest BCUT2D eigenvalue weighted by molar-refractivity contribution is -0.138. The topological polar surface area (TPSA) is 38.8 Å². The molecule has 0 aromatic heterocycles. The standard InChI is InChI=1S/C11H11BrF3NO3/c1-3-16(10(17)18-2)19-9-5-7(11(13,14)15)4-8(12)6-9/h4-6H,3H2,1-2H3. The fraction of sp³-hybridized carbons (Fsp3) is 0.364. The average Bonchev–Trinajstić information content (AvgIpc) is 2.33. The van der Waals surface area contributed by atoms with Gasteiger partial charge in [-0.25, -0.2) is 4.79 Å². The monoisotopic (exact) mass is 341 g/mol. The van der Waals surface area contributed by atoms with Gasteiger partial charge in [0.2, 0.25) is 0 Å². The molecular weight excluding hydrogens is 331 g/mol. The lowest BCUT2D eigenvalue weighted by Gasteiger charge is -2.20. The highest BCUT2D eigenvalue weighted by Gasteiger charge is 2.31. The first-order valence-corrected chi connectivity index (χ1v) is 5.98. The van der Waals surface area contributed by atoms with E-state index in [1.165, 1.54) is 6.07 Å². The number of hydrogen-bond donors (Lipinski definition) is 0. The maximum Gasteiger partial charge on any atom is 0.442 e. The van der Waals surface area contributed by atoms with E-state index in [9.17, 15) is 18.0 Å². The highest BCUT2D eigenvalue weighted by atomic mass is 79.9. The van der Waals surface area contributed by atoms with Crippen LogP contribution in [0.3, 0.4) is 0 Å². The Morgan fingerprint density at radius 3 is 2.47 bits per heavy atom. The van der Waals surface area contributed by atoms with Gasteiger partial charge in [-0.05, 0) is 25.1 Å². The fourth-order valence-corrected chi connectivity index (χ4v) is 1.71.